The molecule has 2 aromatic rings. The third-order valence-electron chi connectivity index (χ3n) is 3.76. The van der Waals surface area contributed by atoms with Crippen LogP contribution in [0.3, 0.4) is 0 Å². The Morgan fingerprint density at radius 2 is 1.62 bits per heavy atom. The SMILES string of the molecule is COc1cc(C)c(/C=C/C(=O)Nc2ccc(C(C)=O)cc2)c(C)c1. The Labute approximate surface area is 142 Å². The first-order chi connectivity index (χ1) is 11.4. The van der Waals surface area contributed by atoms with E-state index in [1.165, 1.54) is 13.0 Å². The average Bonchev–Trinajstić information content (AvgIpc) is 2.54. The molecule has 4 heteroatoms. The van der Waals surface area contributed by atoms with E-state index in [0.29, 0.717) is 11.3 Å². The minimum atomic E-state index is -0.222. The Morgan fingerprint density at radius 3 is 2.12 bits per heavy atom. The first-order valence-corrected chi connectivity index (χ1v) is 7.66. The van der Waals surface area contributed by atoms with Crippen molar-refractivity contribution in [2.75, 3.05) is 12.4 Å². The molecule has 124 valence electrons. The second-order valence-electron chi connectivity index (χ2n) is 5.63. The van der Waals surface area contributed by atoms with Crippen molar-refractivity contribution >= 4 is 23.5 Å². The van der Waals surface area contributed by atoms with Crippen molar-refractivity contribution in [2.45, 2.75) is 20.8 Å². The lowest BCUT2D eigenvalue weighted by atomic mass is 10.0. The van der Waals surface area contributed by atoms with Gasteiger partial charge in [0, 0.05) is 17.3 Å². The maximum absolute atomic E-state index is 12.1. The molecule has 0 aliphatic heterocycles. The van der Waals surface area contributed by atoms with E-state index < -0.39 is 0 Å². The summed E-state index contributed by atoms with van der Waals surface area (Å²) in [5.74, 6) is 0.579. The van der Waals surface area contributed by atoms with Crippen molar-refractivity contribution < 1.29 is 14.3 Å². The lowest BCUT2D eigenvalue weighted by Gasteiger charge is -2.09. The highest BCUT2D eigenvalue weighted by Crippen LogP contribution is 2.22. The molecule has 4 nitrogen and oxygen atoms in total. The molecule has 0 aliphatic carbocycles. The van der Waals surface area contributed by atoms with E-state index in [4.69, 9.17) is 4.74 Å². The third kappa shape index (κ3) is 4.32. The summed E-state index contributed by atoms with van der Waals surface area (Å²) in [6.45, 7) is 5.47. The van der Waals surface area contributed by atoms with Gasteiger partial charge in [0.25, 0.3) is 0 Å². The normalized spacial score (nSPS) is 10.7. The van der Waals surface area contributed by atoms with Crippen molar-refractivity contribution in [2.24, 2.45) is 0 Å². The van der Waals surface area contributed by atoms with E-state index in [1.807, 2.05) is 26.0 Å². The largest absolute Gasteiger partial charge is 0.497 e. The molecule has 1 N–H and O–H groups in total. The highest BCUT2D eigenvalue weighted by atomic mass is 16.5. The molecule has 0 spiro atoms. The van der Waals surface area contributed by atoms with Gasteiger partial charge in [-0.2, -0.15) is 0 Å². The molecule has 0 bridgehead atoms. The molecule has 24 heavy (non-hydrogen) atoms. The Kier molecular flexibility index (Phi) is 5.53. The zero-order valence-corrected chi connectivity index (χ0v) is 14.3. The monoisotopic (exact) mass is 323 g/mol. The summed E-state index contributed by atoms with van der Waals surface area (Å²) in [7, 11) is 1.63. The number of hydrogen-bond donors (Lipinski definition) is 1. The van der Waals surface area contributed by atoms with Crippen LogP contribution < -0.4 is 10.1 Å². The van der Waals surface area contributed by atoms with Crippen LogP contribution in [0.25, 0.3) is 6.08 Å². The van der Waals surface area contributed by atoms with Gasteiger partial charge in [0.2, 0.25) is 5.91 Å². The van der Waals surface area contributed by atoms with Crippen LogP contribution in [0.15, 0.2) is 42.5 Å². The van der Waals surface area contributed by atoms with Crippen LogP contribution in [0.4, 0.5) is 5.69 Å². The number of aryl methyl sites for hydroxylation is 2. The summed E-state index contributed by atoms with van der Waals surface area (Å²) in [6.07, 6.45) is 3.30. The molecule has 0 heterocycles. The lowest BCUT2D eigenvalue weighted by molar-refractivity contribution is -0.111. The maximum Gasteiger partial charge on any atom is 0.248 e. The fraction of sp³-hybridized carbons (Fsp3) is 0.200. The van der Waals surface area contributed by atoms with Crippen LogP contribution in [-0.2, 0) is 4.79 Å². The maximum atomic E-state index is 12.1. The smallest absolute Gasteiger partial charge is 0.248 e. The van der Waals surface area contributed by atoms with Gasteiger partial charge in [-0.25, -0.2) is 0 Å². The highest BCUT2D eigenvalue weighted by Gasteiger charge is 2.05. The zero-order chi connectivity index (χ0) is 17.7. The molecule has 0 unspecified atom stereocenters. The molecule has 0 aromatic heterocycles. The molecule has 0 saturated heterocycles. The van der Waals surface area contributed by atoms with Gasteiger partial charge in [-0.1, -0.05) is 0 Å². The van der Waals surface area contributed by atoms with Crippen molar-refractivity contribution in [3.63, 3.8) is 0 Å². The molecular formula is C20H21NO3. The van der Waals surface area contributed by atoms with Crippen molar-refractivity contribution in [1.82, 2.24) is 0 Å². The molecule has 0 saturated carbocycles. The number of Topliss-reactive ketones (excluding diaryl/α,β-unsaturated/α-hetero) is 1. The topological polar surface area (TPSA) is 55.4 Å². The van der Waals surface area contributed by atoms with Gasteiger partial charge in [0.05, 0.1) is 7.11 Å². The number of anilines is 1. The van der Waals surface area contributed by atoms with Crippen LogP contribution >= 0.6 is 0 Å². The van der Waals surface area contributed by atoms with Gasteiger partial charge in [0.1, 0.15) is 5.75 Å². The zero-order valence-electron chi connectivity index (χ0n) is 14.3. The second-order valence-corrected chi connectivity index (χ2v) is 5.63. The fourth-order valence-corrected chi connectivity index (χ4v) is 2.45. The van der Waals surface area contributed by atoms with Crippen molar-refractivity contribution in [3.8, 4) is 5.75 Å². The van der Waals surface area contributed by atoms with E-state index in [0.717, 1.165) is 22.4 Å². The number of benzene rings is 2. The van der Waals surface area contributed by atoms with Crippen LogP contribution in [0, 0.1) is 13.8 Å². The van der Waals surface area contributed by atoms with E-state index >= 15 is 0 Å². The summed E-state index contributed by atoms with van der Waals surface area (Å²) in [4.78, 5) is 23.3. The Hall–Kier alpha value is -2.88. The molecule has 2 aromatic carbocycles. The predicted molar refractivity (Wildman–Crippen MR) is 96.6 cm³/mol. The number of hydrogen-bond acceptors (Lipinski definition) is 3. The van der Waals surface area contributed by atoms with Crippen LogP contribution in [-0.4, -0.2) is 18.8 Å². The minimum Gasteiger partial charge on any atom is -0.497 e. The summed E-state index contributed by atoms with van der Waals surface area (Å²) in [6, 6.07) is 10.7. The van der Waals surface area contributed by atoms with E-state index in [1.54, 1.807) is 37.5 Å². The van der Waals surface area contributed by atoms with Crippen LogP contribution in [0.2, 0.25) is 0 Å². The van der Waals surface area contributed by atoms with Crippen molar-refractivity contribution in [1.29, 1.82) is 0 Å². The lowest BCUT2D eigenvalue weighted by Crippen LogP contribution is -2.08. The highest BCUT2D eigenvalue weighted by molar-refractivity contribution is 6.02. The Balaban J connectivity index is 2.09. The van der Waals surface area contributed by atoms with E-state index in [9.17, 15) is 9.59 Å². The minimum absolute atomic E-state index is 0.00164. The Bertz CT molecular complexity index is 766. The van der Waals surface area contributed by atoms with E-state index in [-0.39, 0.29) is 11.7 Å². The number of nitrogens with one attached hydrogen (secondary N) is 1. The molecule has 0 atom stereocenters. The summed E-state index contributed by atoms with van der Waals surface area (Å²) in [5.41, 5.74) is 4.35. The molecule has 1 amide bonds. The van der Waals surface area contributed by atoms with Crippen LogP contribution in [0.5, 0.6) is 5.75 Å². The fourth-order valence-electron chi connectivity index (χ4n) is 2.45. The number of ketones is 1. The molecule has 2 rings (SSSR count). The number of methoxy groups -OCH3 is 1. The first-order valence-electron chi connectivity index (χ1n) is 7.66. The summed E-state index contributed by atoms with van der Waals surface area (Å²) in [5, 5.41) is 2.78. The molecule has 0 radical (unpaired) electrons. The predicted octanol–water partition coefficient (Wildman–Crippen LogP) is 4.17. The number of carbonyl (C=O) groups excluding carboxylic acids is 2. The van der Waals surface area contributed by atoms with Gasteiger partial charge in [0.15, 0.2) is 5.78 Å². The number of ether oxygens (including phenoxy) is 1. The van der Waals surface area contributed by atoms with Crippen LogP contribution in [0.1, 0.15) is 34.0 Å². The van der Waals surface area contributed by atoms with Gasteiger partial charge in [-0.15, -0.1) is 0 Å². The van der Waals surface area contributed by atoms with Gasteiger partial charge < -0.3 is 10.1 Å². The summed E-state index contributed by atoms with van der Waals surface area (Å²) < 4.78 is 5.23. The average molecular weight is 323 g/mol. The molecule has 0 aliphatic rings. The summed E-state index contributed by atoms with van der Waals surface area (Å²) >= 11 is 0. The number of amides is 1. The quantitative estimate of drug-likeness (QED) is 0.664. The standard InChI is InChI=1S/C20H21NO3/c1-13-11-18(24-4)12-14(2)19(13)9-10-20(23)21-17-7-5-16(6-8-17)15(3)22/h5-12H,1-4H3,(H,21,23)/b10-9+. The third-order valence-corrected chi connectivity index (χ3v) is 3.76. The molecule has 0 fully saturated rings. The molecular weight excluding hydrogens is 302 g/mol. The van der Waals surface area contributed by atoms with Crippen molar-refractivity contribution in [3.05, 3.63) is 64.7 Å². The number of carbonyl (C=O) groups is 2. The number of rotatable bonds is 5. The van der Waals surface area contributed by atoms with Gasteiger partial charge in [-0.3, -0.25) is 9.59 Å². The first kappa shape index (κ1) is 17.5. The van der Waals surface area contributed by atoms with E-state index in [2.05, 4.69) is 5.32 Å². The van der Waals surface area contributed by atoms with Gasteiger partial charge in [-0.05, 0) is 79.9 Å². The Morgan fingerprint density at radius 1 is 1.04 bits per heavy atom. The van der Waals surface area contributed by atoms with Gasteiger partial charge >= 0.3 is 0 Å². The second kappa shape index (κ2) is 7.59.